The van der Waals surface area contributed by atoms with Crippen LogP contribution in [0, 0.1) is 0 Å². The molecule has 0 saturated heterocycles. The largest absolute Gasteiger partial charge is 0.484 e. The van der Waals surface area contributed by atoms with Crippen molar-refractivity contribution in [2.45, 2.75) is 32.5 Å². The molecular weight excluding hydrogens is 449 g/mol. The van der Waals surface area contributed by atoms with E-state index in [9.17, 15) is 18.0 Å². The minimum Gasteiger partial charge on any atom is -0.484 e. The average Bonchev–Trinajstić information content (AvgIpc) is 3.37. The van der Waals surface area contributed by atoms with Gasteiger partial charge in [0.05, 0.1) is 17.3 Å². The first-order chi connectivity index (χ1) is 16.1. The summed E-state index contributed by atoms with van der Waals surface area (Å²) in [5, 5.41) is 14.6. The number of alkyl halides is 3. The zero-order valence-corrected chi connectivity index (χ0v) is 18.8. The first kappa shape index (κ1) is 23.3. The predicted molar refractivity (Wildman–Crippen MR) is 119 cm³/mol. The number of carbonyl (C=O) groups is 1. The average molecular weight is 472 g/mol. The first-order valence-electron chi connectivity index (χ1n) is 10.6. The zero-order valence-electron chi connectivity index (χ0n) is 18.8. The fourth-order valence-corrected chi connectivity index (χ4v) is 3.52. The van der Waals surface area contributed by atoms with Crippen molar-refractivity contribution in [3.05, 3.63) is 59.5 Å². The Hall–Kier alpha value is -3.89. The second-order valence-electron chi connectivity index (χ2n) is 8.16. The molecule has 11 heteroatoms. The van der Waals surface area contributed by atoms with Gasteiger partial charge in [-0.1, -0.05) is 6.07 Å². The number of H-pyrrole nitrogens is 1. The zero-order chi connectivity index (χ0) is 24.5. The summed E-state index contributed by atoms with van der Waals surface area (Å²) in [5.41, 5.74) is 0.710. The van der Waals surface area contributed by atoms with Crippen molar-refractivity contribution in [2.75, 3.05) is 6.61 Å². The van der Waals surface area contributed by atoms with Crippen LogP contribution < -0.4 is 10.1 Å². The number of amides is 1. The number of carbonyl (C=O) groups excluding carboxylic acids is 1. The van der Waals surface area contributed by atoms with Crippen molar-refractivity contribution >= 4 is 16.8 Å². The van der Waals surface area contributed by atoms with Crippen molar-refractivity contribution in [2.24, 2.45) is 7.05 Å². The Kier molecular flexibility index (Phi) is 6.27. The SMILES string of the molecule is CC(C)NC(=O)COc1ccc(-c2nc(Cc3ccc4[nH]ncc4c3)n(C)n2)c(C(F)(F)F)c1. The van der Waals surface area contributed by atoms with Crippen LogP contribution in [0.2, 0.25) is 0 Å². The molecule has 0 atom stereocenters. The Balaban J connectivity index is 1.59. The number of halogens is 3. The van der Waals surface area contributed by atoms with E-state index in [2.05, 4.69) is 25.6 Å². The fraction of sp³-hybridized carbons (Fsp3) is 0.304. The van der Waals surface area contributed by atoms with Gasteiger partial charge in [0.25, 0.3) is 5.91 Å². The number of nitrogens with zero attached hydrogens (tertiary/aromatic N) is 4. The quantitative estimate of drug-likeness (QED) is 0.426. The van der Waals surface area contributed by atoms with Crippen LogP contribution in [0.4, 0.5) is 13.2 Å². The van der Waals surface area contributed by atoms with Gasteiger partial charge in [0.2, 0.25) is 0 Å². The number of aryl methyl sites for hydroxylation is 1. The van der Waals surface area contributed by atoms with Gasteiger partial charge in [-0.3, -0.25) is 14.6 Å². The molecule has 0 saturated carbocycles. The number of hydrogen-bond acceptors (Lipinski definition) is 5. The van der Waals surface area contributed by atoms with E-state index in [-0.39, 0.29) is 29.8 Å². The summed E-state index contributed by atoms with van der Waals surface area (Å²) in [6.07, 6.45) is -2.58. The van der Waals surface area contributed by atoms with Crippen LogP contribution in [0.5, 0.6) is 5.75 Å². The van der Waals surface area contributed by atoms with Crippen molar-refractivity contribution in [3.63, 3.8) is 0 Å². The van der Waals surface area contributed by atoms with E-state index in [1.807, 2.05) is 18.2 Å². The number of rotatable bonds is 7. The van der Waals surface area contributed by atoms with Gasteiger partial charge in [-0.05, 0) is 49.7 Å². The molecule has 2 aromatic carbocycles. The summed E-state index contributed by atoms with van der Waals surface area (Å²) in [6, 6.07) is 9.12. The highest BCUT2D eigenvalue weighted by Gasteiger charge is 2.35. The Morgan fingerprint density at radius 2 is 2.00 bits per heavy atom. The molecule has 0 radical (unpaired) electrons. The van der Waals surface area contributed by atoms with E-state index in [4.69, 9.17) is 4.74 Å². The van der Waals surface area contributed by atoms with Crippen molar-refractivity contribution in [1.29, 1.82) is 0 Å². The van der Waals surface area contributed by atoms with Crippen molar-refractivity contribution in [1.82, 2.24) is 30.3 Å². The highest BCUT2D eigenvalue weighted by molar-refractivity contribution is 5.78. The number of hydrogen-bond donors (Lipinski definition) is 2. The van der Waals surface area contributed by atoms with Crippen LogP contribution in [0.1, 0.15) is 30.8 Å². The summed E-state index contributed by atoms with van der Waals surface area (Å²) in [4.78, 5) is 16.1. The number of nitrogens with one attached hydrogen (secondary N) is 2. The van der Waals surface area contributed by atoms with Crippen LogP contribution in [0.3, 0.4) is 0 Å². The third kappa shape index (κ3) is 5.19. The second kappa shape index (κ2) is 9.16. The highest BCUT2D eigenvalue weighted by atomic mass is 19.4. The predicted octanol–water partition coefficient (Wildman–Crippen LogP) is 3.87. The molecule has 2 heterocycles. The van der Waals surface area contributed by atoms with Gasteiger partial charge in [-0.2, -0.15) is 23.4 Å². The minimum absolute atomic E-state index is 0.0432. The molecule has 178 valence electrons. The van der Waals surface area contributed by atoms with Crippen LogP contribution in [0.25, 0.3) is 22.3 Å². The summed E-state index contributed by atoms with van der Waals surface area (Å²) in [6.45, 7) is 3.17. The molecule has 0 aliphatic rings. The topological polar surface area (TPSA) is 97.7 Å². The molecule has 0 bridgehead atoms. The maximum absolute atomic E-state index is 13.9. The van der Waals surface area contributed by atoms with Crippen LogP contribution in [0.15, 0.2) is 42.6 Å². The molecule has 0 aliphatic heterocycles. The molecule has 0 fully saturated rings. The summed E-state index contributed by atoms with van der Waals surface area (Å²) in [5.74, 6) is -0.0215. The standard InChI is InChI=1S/C23H23F3N6O2/c1-13(2)28-21(33)12-34-16-5-6-17(18(10-16)23(24,25)26)22-29-20(32(3)31-22)9-14-4-7-19-15(8-14)11-27-30-19/h4-8,10-11,13H,9,12H2,1-3H3,(H,27,30)(H,28,33). The number of ether oxygens (including phenoxy) is 1. The lowest BCUT2D eigenvalue weighted by atomic mass is 10.1. The summed E-state index contributed by atoms with van der Waals surface area (Å²) in [7, 11) is 1.64. The number of fused-ring (bicyclic) bond motifs is 1. The Labute approximate surface area is 193 Å². The van der Waals surface area contributed by atoms with E-state index < -0.39 is 17.6 Å². The highest BCUT2D eigenvalue weighted by Crippen LogP contribution is 2.38. The van der Waals surface area contributed by atoms with Gasteiger partial charge in [-0.15, -0.1) is 0 Å². The normalized spacial score (nSPS) is 11.9. The lowest BCUT2D eigenvalue weighted by Crippen LogP contribution is -2.34. The molecule has 0 aliphatic carbocycles. The lowest BCUT2D eigenvalue weighted by Gasteiger charge is -2.14. The van der Waals surface area contributed by atoms with Crippen molar-refractivity contribution < 1.29 is 22.7 Å². The maximum atomic E-state index is 13.9. The Morgan fingerprint density at radius 3 is 2.74 bits per heavy atom. The summed E-state index contributed by atoms with van der Waals surface area (Å²) < 4.78 is 48.3. The van der Waals surface area contributed by atoms with E-state index in [1.54, 1.807) is 27.1 Å². The number of aromatic nitrogens is 5. The third-order valence-electron chi connectivity index (χ3n) is 5.08. The van der Waals surface area contributed by atoms with Gasteiger partial charge < -0.3 is 10.1 Å². The van der Waals surface area contributed by atoms with Gasteiger partial charge in [0, 0.05) is 30.5 Å². The van der Waals surface area contributed by atoms with Crippen LogP contribution in [-0.4, -0.2) is 43.5 Å². The number of aromatic amines is 1. The molecule has 4 rings (SSSR count). The van der Waals surface area contributed by atoms with Gasteiger partial charge in [0.1, 0.15) is 11.6 Å². The molecule has 0 unspecified atom stereocenters. The van der Waals surface area contributed by atoms with Crippen molar-refractivity contribution in [3.8, 4) is 17.1 Å². The number of benzene rings is 2. The van der Waals surface area contributed by atoms with E-state index >= 15 is 0 Å². The van der Waals surface area contributed by atoms with Crippen LogP contribution in [-0.2, 0) is 24.4 Å². The molecule has 0 spiro atoms. The molecular formula is C23H23F3N6O2. The Morgan fingerprint density at radius 1 is 1.21 bits per heavy atom. The Bertz CT molecular complexity index is 1330. The minimum atomic E-state index is -4.67. The van der Waals surface area contributed by atoms with E-state index in [1.165, 1.54) is 16.8 Å². The van der Waals surface area contributed by atoms with Crippen LogP contribution >= 0.6 is 0 Å². The molecule has 4 aromatic rings. The lowest BCUT2D eigenvalue weighted by molar-refractivity contribution is -0.137. The molecule has 34 heavy (non-hydrogen) atoms. The smallest absolute Gasteiger partial charge is 0.417 e. The van der Waals surface area contributed by atoms with Gasteiger partial charge in [-0.25, -0.2) is 4.98 Å². The van der Waals surface area contributed by atoms with E-state index in [0.29, 0.717) is 12.2 Å². The second-order valence-corrected chi connectivity index (χ2v) is 8.16. The molecule has 2 aromatic heterocycles. The van der Waals surface area contributed by atoms with Gasteiger partial charge in [0.15, 0.2) is 12.4 Å². The van der Waals surface area contributed by atoms with Gasteiger partial charge >= 0.3 is 6.18 Å². The molecule has 2 N–H and O–H groups in total. The molecule has 8 nitrogen and oxygen atoms in total. The van der Waals surface area contributed by atoms with E-state index in [0.717, 1.165) is 22.5 Å². The fourth-order valence-electron chi connectivity index (χ4n) is 3.52. The third-order valence-corrected chi connectivity index (χ3v) is 5.08. The molecule has 1 amide bonds. The monoisotopic (exact) mass is 472 g/mol. The maximum Gasteiger partial charge on any atom is 0.417 e. The summed E-state index contributed by atoms with van der Waals surface area (Å²) >= 11 is 0. The first-order valence-corrected chi connectivity index (χ1v) is 10.6.